The van der Waals surface area contributed by atoms with E-state index in [1.54, 1.807) is 23.9 Å². The quantitative estimate of drug-likeness (QED) is 0.510. The van der Waals surface area contributed by atoms with Crippen molar-refractivity contribution in [1.82, 2.24) is 15.1 Å². The number of thioether (sulfide) groups is 1. The Morgan fingerprint density at radius 3 is 2.41 bits per heavy atom. The number of carbonyl (C=O) groups excluding carboxylic acids is 2. The van der Waals surface area contributed by atoms with Gasteiger partial charge in [0.25, 0.3) is 5.91 Å². The third-order valence-corrected chi connectivity index (χ3v) is 7.49. The topological polar surface area (TPSA) is 77.8 Å². The fraction of sp³-hybridized carbons (Fsp3) is 0.435. The summed E-state index contributed by atoms with van der Waals surface area (Å²) < 4.78 is 5.06. The van der Waals surface area contributed by atoms with Crippen LogP contribution in [0.15, 0.2) is 52.0 Å². The molecule has 1 aromatic heterocycles. The second-order valence-electron chi connectivity index (χ2n) is 8.37. The first kappa shape index (κ1) is 22.7. The molecule has 1 aromatic carbocycles. The van der Waals surface area contributed by atoms with Crippen LogP contribution in [0, 0.1) is 5.41 Å². The third kappa shape index (κ3) is 5.27. The molecule has 0 radical (unpaired) electrons. The lowest BCUT2D eigenvalue weighted by molar-refractivity contribution is -0.132. The summed E-state index contributed by atoms with van der Waals surface area (Å²) in [7, 11) is 0. The molecule has 0 atom stereocenters. The van der Waals surface area contributed by atoms with Crippen molar-refractivity contribution in [2.75, 3.05) is 44.3 Å². The molecule has 1 spiro atoms. The lowest BCUT2D eigenvalue weighted by Gasteiger charge is -2.39. The van der Waals surface area contributed by atoms with E-state index in [-0.39, 0.29) is 29.5 Å². The van der Waals surface area contributed by atoms with Gasteiger partial charge in [0.05, 0.1) is 12.8 Å². The molecule has 2 fully saturated rings. The van der Waals surface area contributed by atoms with Crippen LogP contribution in [0.3, 0.4) is 0 Å². The Balaban J connectivity index is 1.23. The number of carbonyl (C=O) groups is 2. The van der Waals surface area contributed by atoms with Crippen LogP contribution < -0.4 is 10.6 Å². The Bertz CT molecular complexity index is 954. The van der Waals surface area contributed by atoms with Crippen molar-refractivity contribution in [2.24, 2.45) is 5.41 Å². The van der Waals surface area contributed by atoms with Gasteiger partial charge in [-0.15, -0.1) is 11.8 Å². The zero-order chi connectivity index (χ0) is 22.6. The van der Waals surface area contributed by atoms with Gasteiger partial charge in [-0.2, -0.15) is 0 Å². The number of furan rings is 1. The minimum atomic E-state index is -0.368. The molecule has 170 valence electrons. The highest BCUT2D eigenvalue weighted by molar-refractivity contribution is 7.98. The third-order valence-electron chi connectivity index (χ3n) is 6.39. The van der Waals surface area contributed by atoms with Crippen LogP contribution in [0.25, 0.3) is 0 Å². The Hall–Kier alpha value is -2.52. The van der Waals surface area contributed by atoms with E-state index in [0.29, 0.717) is 13.1 Å². The van der Waals surface area contributed by atoms with Crippen LogP contribution in [0.1, 0.15) is 29.8 Å². The molecule has 2 saturated heterocycles. The number of benzene rings is 1. The number of piperidine rings is 1. The van der Waals surface area contributed by atoms with Gasteiger partial charge in [0, 0.05) is 36.8 Å². The predicted octanol–water partition coefficient (Wildman–Crippen LogP) is 3.44. The largest absolute Gasteiger partial charge is 0.459 e. The summed E-state index contributed by atoms with van der Waals surface area (Å²) in [5.41, 5.74) is 1.20. The summed E-state index contributed by atoms with van der Waals surface area (Å²) in [6.07, 6.45) is 6.48. The van der Waals surface area contributed by atoms with Gasteiger partial charge in [0.15, 0.2) is 10.9 Å². The maximum absolute atomic E-state index is 12.5. The van der Waals surface area contributed by atoms with Crippen molar-refractivity contribution in [3.05, 3.63) is 48.4 Å². The molecule has 0 unspecified atom stereocenters. The molecule has 9 heteroatoms. The van der Waals surface area contributed by atoms with Gasteiger partial charge in [-0.3, -0.25) is 9.59 Å². The maximum atomic E-state index is 12.5. The minimum absolute atomic E-state index is 0.0119. The molecule has 0 saturated carbocycles. The van der Waals surface area contributed by atoms with Crippen molar-refractivity contribution in [1.29, 1.82) is 0 Å². The van der Waals surface area contributed by atoms with E-state index in [0.717, 1.165) is 43.2 Å². The van der Waals surface area contributed by atoms with Crippen LogP contribution >= 0.6 is 24.0 Å². The molecule has 2 aromatic rings. The first-order chi connectivity index (χ1) is 15.5. The standard InChI is InChI=1S/C23H28N4O3S2/c1-32-18-6-4-17(5-7-18)25-22(31)27-13-10-23(16-27)8-11-26(12-9-23)20(28)15-24-21(29)19-3-2-14-30-19/h2-7,14H,8-13,15-16H2,1H3,(H,24,29)(H,25,31). The number of rotatable bonds is 5. The highest BCUT2D eigenvalue weighted by Crippen LogP contribution is 2.40. The monoisotopic (exact) mass is 472 g/mol. The van der Waals surface area contributed by atoms with Gasteiger partial charge < -0.3 is 24.9 Å². The van der Waals surface area contributed by atoms with Crippen LogP contribution in [-0.4, -0.2) is 65.7 Å². The molecule has 0 aliphatic carbocycles. The molecule has 0 bridgehead atoms. The number of likely N-dealkylation sites (tertiary alicyclic amines) is 2. The van der Waals surface area contributed by atoms with Crippen LogP contribution in [0.5, 0.6) is 0 Å². The number of thiocarbonyl (C=S) groups is 1. The minimum Gasteiger partial charge on any atom is -0.459 e. The molecule has 2 amide bonds. The van der Waals surface area contributed by atoms with Crippen LogP contribution in [0.4, 0.5) is 5.69 Å². The molecule has 3 heterocycles. The summed E-state index contributed by atoms with van der Waals surface area (Å²) in [5.74, 6) is -0.209. The summed E-state index contributed by atoms with van der Waals surface area (Å²) in [4.78, 5) is 29.8. The van der Waals surface area contributed by atoms with E-state index < -0.39 is 0 Å². The molecule has 2 aliphatic rings. The van der Waals surface area contributed by atoms with E-state index in [1.165, 1.54) is 11.2 Å². The molecular formula is C23H28N4O3S2. The van der Waals surface area contributed by atoms with Gasteiger partial charge in [-0.05, 0) is 79.5 Å². The van der Waals surface area contributed by atoms with Crippen LogP contribution in [-0.2, 0) is 4.79 Å². The summed E-state index contributed by atoms with van der Waals surface area (Å²) >= 11 is 7.38. The van der Waals surface area contributed by atoms with Gasteiger partial charge in [-0.25, -0.2) is 0 Å². The normalized spacial score (nSPS) is 17.4. The number of amides is 2. The zero-order valence-electron chi connectivity index (χ0n) is 18.1. The highest BCUT2D eigenvalue weighted by atomic mass is 32.2. The number of nitrogens with zero attached hydrogens (tertiary/aromatic N) is 2. The second kappa shape index (κ2) is 9.95. The maximum Gasteiger partial charge on any atom is 0.287 e. The summed E-state index contributed by atoms with van der Waals surface area (Å²) in [6, 6.07) is 11.5. The molecule has 7 nitrogen and oxygen atoms in total. The number of hydrogen-bond acceptors (Lipinski definition) is 5. The summed E-state index contributed by atoms with van der Waals surface area (Å²) in [6.45, 7) is 3.25. The van der Waals surface area contributed by atoms with E-state index in [4.69, 9.17) is 16.6 Å². The van der Waals surface area contributed by atoms with Crippen molar-refractivity contribution in [2.45, 2.75) is 24.2 Å². The zero-order valence-corrected chi connectivity index (χ0v) is 19.8. The van der Waals surface area contributed by atoms with Crippen molar-refractivity contribution in [3.63, 3.8) is 0 Å². The number of anilines is 1. The molecule has 2 N–H and O–H groups in total. The smallest absolute Gasteiger partial charge is 0.287 e. The molecular weight excluding hydrogens is 444 g/mol. The van der Waals surface area contributed by atoms with Gasteiger partial charge >= 0.3 is 0 Å². The average molecular weight is 473 g/mol. The lowest BCUT2D eigenvalue weighted by Crippen LogP contribution is -2.47. The Labute approximate surface area is 197 Å². The SMILES string of the molecule is CSc1ccc(NC(=S)N2CCC3(CCN(C(=O)CNC(=O)c4ccco4)CC3)C2)cc1. The average Bonchev–Trinajstić information content (AvgIpc) is 3.49. The van der Waals surface area contributed by atoms with Crippen molar-refractivity contribution in [3.8, 4) is 0 Å². The highest BCUT2D eigenvalue weighted by Gasteiger charge is 2.42. The second-order valence-corrected chi connectivity index (χ2v) is 9.64. The van der Waals surface area contributed by atoms with Gasteiger partial charge in [-0.1, -0.05) is 0 Å². The Morgan fingerprint density at radius 1 is 1.09 bits per heavy atom. The molecule has 2 aliphatic heterocycles. The van der Waals surface area contributed by atoms with Gasteiger partial charge in [0.2, 0.25) is 5.91 Å². The van der Waals surface area contributed by atoms with E-state index in [2.05, 4.69) is 46.1 Å². The molecule has 32 heavy (non-hydrogen) atoms. The van der Waals surface area contributed by atoms with Crippen LogP contribution in [0.2, 0.25) is 0 Å². The Morgan fingerprint density at radius 2 is 1.78 bits per heavy atom. The van der Waals surface area contributed by atoms with Crippen molar-refractivity contribution >= 4 is 46.6 Å². The van der Waals surface area contributed by atoms with E-state index in [9.17, 15) is 9.59 Å². The lowest BCUT2D eigenvalue weighted by atomic mass is 9.78. The van der Waals surface area contributed by atoms with Gasteiger partial charge in [0.1, 0.15) is 0 Å². The predicted molar refractivity (Wildman–Crippen MR) is 130 cm³/mol. The van der Waals surface area contributed by atoms with E-state index >= 15 is 0 Å². The summed E-state index contributed by atoms with van der Waals surface area (Å²) in [5, 5.41) is 6.76. The number of hydrogen-bond donors (Lipinski definition) is 2. The Kier molecular flexibility index (Phi) is 7.05. The first-order valence-corrected chi connectivity index (χ1v) is 12.4. The first-order valence-electron chi connectivity index (χ1n) is 10.8. The fourth-order valence-corrected chi connectivity index (χ4v) is 5.07. The fourth-order valence-electron chi connectivity index (χ4n) is 4.39. The number of nitrogens with one attached hydrogen (secondary N) is 2. The van der Waals surface area contributed by atoms with Crippen molar-refractivity contribution < 1.29 is 14.0 Å². The molecule has 4 rings (SSSR count). The van der Waals surface area contributed by atoms with E-state index in [1.807, 2.05) is 4.90 Å².